The standard InChI is InChI=1S/C26H32N4O2/c1-26(25(31)32-2,22-7-4-3-5-8-22)13-6-14-29-15-17-30(18-16-29)23-11-9-21(10-12-23)24-19-27-20-28-24/h3-5,7-12,19-20H,6,13-18H2,1-2H3,(H,27,28). The number of carbonyl (C=O) groups excluding carboxylic acids is 1. The van der Waals surface area contributed by atoms with Crippen molar-refractivity contribution in [2.75, 3.05) is 44.7 Å². The van der Waals surface area contributed by atoms with Crippen LogP contribution in [-0.2, 0) is 14.9 Å². The van der Waals surface area contributed by atoms with E-state index in [9.17, 15) is 4.79 Å². The summed E-state index contributed by atoms with van der Waals surface area (Å²) in [6.07, 6.45) is 5.28. The molecule has 0 bridgehead atoms. The van der Waals surface area contributed by atoms with Crippen LogP contribution in [0.2, 0.25) is 0 Å². The normalized spacial score (nSPS) is 16.5. The molecule has 0 amide bonds. The van der Waals surface area contributed by atoms with Gasteiger partial charge in [0.25, 0.3) is 0 Å². The minimum absolute atomic E-state index is 0.160. The first-order chi connectivity index (χ1) is 15.6. The number of nitrogens with zero attached hydrogens (tertiary/aromatic N) is 3. The summed E-state index contributed by atoms with van der Waals surface area (Å²) >= 11 is 0. The van der Waals surface area contributed by atoms with Crippen LogP contribution in [0.25, 0.3) is 11.3 Å². The number of methoxy groups -OCH3 is 1. The summed E-state index contributed by atoms with van der Waals surface area (Å²) in [7, 11) is 1.48. The molecule has 1 aliphatic rings. The van der Waals surface area contributed by atoms with E-state index in [4.69, 9.17) is 4.74 Å². The average Bonchev–Trinajstić information content (AvgIpc) is 3.39. The van der Waals surface area contributed by atoms with E-state index in [0.29, 0.717) is 0 Å². The van der Waals surface area contributed by atoms with Gasteiger partial charge in [-0.1, -0.05) is 42.5 Å². The number of hydrogen-bond donors (Lipinski definition) is 1. The second kappa shape index (κ2) is 10.0. The lowest BCUT2D eigenvalue weighted by molar-refractivity contribution is -0.147. The summed E-state index contributed by atoms with van der Waals surface area (Å²) in [6, 6.07) is 18.7. The van der Waals surface area contributed by atoms with Gasteiger partial charge in [0, 0.05) is 31.9 Å². The molecule has 1 saturated heterocycles. The van der Waals surface area contributed by atoms with Crippen LogP contribution in [-0.4, -0.2) is 60.7 Å². The van der Waals surface area contributed by atoms with Crippen molar-refractivity contribution >= 4 is 11.7 Å². The van der Waals surface area contributed by atoms with Gasteiger partial charge in [-0.05, 0) is 49.6 Å². The molecule has 3 aromatic rings. The minimum atomic E-state index is -0.603. The zero-order valence-corrected chi connectivity index (χ0v) is 19.0. The highest BCUT2D eigenvalue weighted by molar-refractivity contribution is 5.82. The van der Waals surface area contributed by atoms with Crippen LogP contribution in [0.15, 0.2) is 67.1 Å². The van der Waals surface area contributed by atoms with Gasteiger partial charge in [0.15, 0.2) is 0 Å². The van der Waals surface area contributed by atoms with E-state index < -0.39 is 5.41 Å². The molecule has 2 heterocycles. The predicted molar refractivity (Wildman–Crippen MR) is 128 cm³/mol. The van der Waals surface area contributed by atoms with E-state index >= 15 is 0 Å². The molecule has 0 spiro atoms. The third-order valence-corrected chi connectivity index (χ3v) is 6.61. The third-order valence-electron chi connectivity index (χ3n) is 6.61. The smallest absolute Gasteiger partial charge is 0.315 e. The Balaban J connectivity index is 1.28. The second-order valence-electron chi connectivity index (χ2n) is 8.63. The predicted octanol–water partition coefficient (Wildman–Crippen LogP) is 4.11. The number of aromatic nitrogens is 2. The number of piperazine rings is 1. The van der Waals surface area contributed by atoms with E-state index in [-0.39, 0.29) is 5.97 Å². The van der Waals surface area contributed by atoms with Gasteiger partial charge in [0.05, 0.1) is 30.7 Å². The molecule has 1 unspecified atom stereocenters. The summed E-state index contributed by atoms with van der Waals surface area (Å²) in [4.78, 5) is 24.7. The Morgan fingerprint density at radius 2 is 1.78 bits per heavy atom. The van der Waals surface area contributed by atoms with Gasteiger partial charge >= 0.3 is 5.97 Å². The highest BCUT2D eigenvalue weighted by atomic mass is 16.5. The molecule has 32 heavy (non-hydrogen) atoms. The van der Waals surface area contributed by atoms with Gasteiger partial charge in [0.1, 0.15) is 0 Å². The van der Waals surface area contributed by atoms with Crippen LogP contribution >= 0.6 is 0 Å². The third kappa shape index (κ3) is 4.86. The number of nitrogens with one attached hydrogen (secondary N) is 1. The molecule has 1 fully saturated rings. The molecular weight excluding hydrogens is 400 g/mol. The molecule has 2 aromatic carbocycles. The highest BCUT2D eigenvalue weighted by Crippen LogP contribution is 2.31. The monoisotopic (exact) mass is 432 g/mol. The Kier molecular flexibility index (Phi) is 6.90. The Morgan fingerprint density at radius 3 is 2.41 bits per heavy atom. The van der Waals surface area contributed by atoms with E-state index in [1.54, 1.807) is 6.33 Å². The molecule has 6 heteroatoms. The summed E-state index contributed by atoms with van der Waals surface area (Å²) in [5.41, 5.74) is 3.87. The number of ether oxygens (including phenoxy) is 1. The van der Waals surface area contributed by atoms with Crippen molar-refractivity contribution in [1.82, 2.24) is 14.9 Å². The molecule has 1 aliphatic heterocycles. The van der Waals surface area contributed by atoms with Crippen molar-refractivity contribution < 1.29 is 9.53 Å². The molecule has 0 radical (unpaired) electrons. The van der Waals surface area contributed by atoms with Crippen molar-refractivity contribution in [3.63, 3.8) is 0 Å². The van der Waals surface area contributed by atoms with Gasteiger partial charge in [-0.2, -0.15) is 0 Å². The molecule has 168 valence electrons. The molecule has 0 aliphatic carbocycles. The lowest BCUT2D eigenvalue weighted by atomic mass is 9.78. The first-order valence-electron chi connectivity index (χ1n) is 11.3. The van der Waals surface area contributed by atoms with E-state index in [0.717, 1.165) is 62.4 Å². The number of carbonyl (C=O) groups is 1. The van der Waals surface area contributed by atoms with Crippen LogP contribution in [0.5, 0.6) is 0 Å². The molecular formula is C26H32N4O2. The van der Waals surface area contributed by atoms with Crippen molar-refractivity contribution in [2.24, 2.45) is 0 Å². The molecule has 1 aromatic heterocycles. The van der Waals surface area contributed by atoms with Crippen LogP contribution in [0, 0.1) is 0 Å². The average molecular weight is 433 g/mol. The zero-order chi connectivity index (χ0) is 22.4. The number of H-pyrrole nitrogens is 1. The first kappa shape index (κ1) is 22.1. The van der Waals surface area contributed by atoms with E-state index in [1.165, 1.54) is 12.8 Å². The fourth-order valence-corrected chi connectivity index (χ4v) is 4.55. The van der Waals surface area contributed by atoms with Crippen LogP contribution in [0.4, 0.5) is 5.69 Å². The second-order valence-corrected chi connectivity index (χ2v) is 8.63. The lowest BCUT2D eigenvalue weighted by Gasteiger charge is -2.36. The molecule has 4 rings (SSSR count). The fraction of sp³-hybridized carbons (Fsp3) is 0.385. The summed E-state index contributed by atoms with van der Waals surface area (Å²) in [5.74, 6) is -0.160. The molecule has 1 N–H and O–H groups in total. The Hall–Kier alpha value is -3.12. The minimum Gasteiger partial charge on any atom is -0.468 e. The number of rotatable bonds is 8. The van der Waals surface area contributed by atoms with Crippen molar-refractivity contribution in [1.29, 1.82) is 0 Å². The summed E-state index contributed by atoms with van der Waals surface area (Å²) in [6.45, 7) is 7.07. The Labute approximate surface area is 190 Å². The number of anilines is 1. The van der Waals surface area contributed by atoms with Gasteiger partial charge in [0.2, 0.25) is 0 Å². The van der Waals surface area contributed by atoms with Gasteiger partial charge in [-0.15, -0.1) is 0 Å². The van der Waals surface area contributed by atoms with Gasteiger partial charge in [-0.3, -0.25) is 9.69 Å². The summed E-state index contributed by atoms with van der Waals surface area (Å²) < 4.78 is 5.14. The van der Waals surface area contributed by atoms with Crippen LogP contribution in [0.1, 0.15) is 25.3 Å². The molecule has 0 saturated carbocycles. The Bertz CT molecular complexity index is 980. The maximum Gasteiger partial charge on any atom is 0.315 e. The Morgan fingerprint density at radius 1 is 1.06 bits per heavy atom. The highest BCUT2D eigenvalue weighted by Gasteiger charge is 2.35. The topological polar surface area (TPSA) is 61.5 Å². The zero-order valence-electron chi connectivity index (χ0n) is 19.0. The largest absolute Gasteiger partial charge is 0.468 e. The SMILES string of the molecule is COC(=O)C(C)(CCCN1CCN(c2ccc(-c3cnc[nH]3)cc2)CC1)c1ccccc1. The molecule has 1 atom stereocenters. The van der Waals surface area contributed by atoms with Crippen molar-refractivity contribution in [3.05, 3.63) is 72.7 Å². The summed E-state index contributed by atoms with van der Waals surface area (Å²) in [5, 5.41) is 0. The quantitative estimate of drug-likeness (QED) is 0.543. The number of aromatic amines is 1. The number of esters is 1. The van der Waals surface area contributed by atoms with Gasteiger partial charge < -0.3 is 14.6 Å². The number of imidazole rings is 1. The number of hydrogen-bond acceptors (Lipinski definition) is 5. The number of benzene rings is 2. The van der Waals surface area contributed by atoms with Crippen LogP contribution < -0.4 is 4.90 Å². The van der Waals surface area contributed by atoms with Gasteiger partial charge in [-0.25, -0.2) is 4.98 Å². The maximum absolute atomic E-state index is 12.6. The van der Waals surface area contributed by atoms with Crippen molar-refractivity contribution in [2.45, 2.75) is 25.2 Å². The van der Waals surface area contributed by atoms with E-state index in [2.05, 4.69) is 44.0 Å². The maximum atomic E-state index is 12.6. The lowest BCUT2D eigenvalue weighted by Crippen LogP contribution is -2.47. The fourth-order valence-electron chi connectivity index (χ4n) is 4.55. The first-order valence-corrected chi connectivity index (χ1v) is 11.3. The van der Waals surface area contributed by atoms with Crippen molar-refractivity contribution in [3.8, 4) is 11.3 Å². The van der Waals surface area contributed by atoms with E-state index in [1.807, 2.05) is 43.5 Å². The van der Waals surface area contributed by atoms with Crippen LogP contribution in [0.3, 0.4) is 0 Å². The molecule has 6 nitrogen and oxygen atoms in total.